The Morgan fingerprint density at radius 2 is 2.27 bits per heavy atom. The molecule has 1 atom stereocenters. The number of halogens is 1. The molecular formula is C11H12ClNOS. The highest BCUT2D eigenvalue weighted by Gasteiger charge is 2.19. The predicted molar refractivity (Wildman–Crippen MR) is 64.6 cm³/mol. The Morgan fingerprint density at radius 3 is 2.93 bits per heavy atom. The normalized spacial score (nSPS) is 20.2. The Labute approximate surface area is 98.4 Å². The van der Waals surface area contributed by atoms with Crippen LogP contribution in [0.3, 0.4) is 0 Å². The van der Waals surface area contributed by atoms with Gasteiger partial charge in [-0.1, -0.05) is 23.7 Å². The topological polar surface area (TPSA) is 29.1 Å². The van der Waals surface area contributed by atoms with Gasteiger partial charge in [-0.25, -0.2) is 0 Å². The molecule has 0 unspecified atom stereocenters. The van der Waals surface area contributed by atoms with Gasteiger partial charge in [-0.05, 0) is 24.3 Å². The Kier molecular flexibility index (Phi) is 3.54. The van der Waals surface area contributed by atoms with Crippen molar-refractivity contribution < 1.29 is 4.79 Å². The average Bonchev–Trinajstić information content (AvgIpc) is 2.71. The highest BCUT2D eigenvalue weighted by Crippen LogP contribution is 2.19. The fourth-order valence-electron chi connectivity index (χ4n) is 1.56. The lowest BCUT2D eigenvalue weighted by Crippen LogP contribution is -2.34. The summed E-state index contributed by atoms with van der Waals surface area (Å²) in [6.45, 7) is 0. The van der Waals surface area contributed by atoms with Gasteiger partial charge in [-0.3, -0.25) is 4.79 Å². The first-order valence-corrected chi connectivity index (χ1v) is 6.44. The predicted octanol–water partition coefficient (Wildman–Crippen LogP) is 2.58. The van der Waals surface area contributed by atoms with Crippen molar-refractivity contribution in [3.63, 3.8) is 0 Å². The molecule has 0 radical (unpaired) electrons. The minimum Gasteiger partial charge on any atom is -0.348 e. The maximum Gasteiger partial charge on any atom is 0.253 e. The number of nitrogens with one attached hydrogen (secondary N) is 1. The van der Waals surface area contributed by atoms with Gasteiger partial charge in [-0.15, -0.1) is 0 Å². The summed E-state index contributed by atoms with van der Waals surface area (Å²) < 4.78 is 0. The Morgan fingerprint density at radius 1 is 1.47 bits per heavy atom. The molecule has 80 valence electrons. The van der Waals surface area contributed by atoms with Gasteiger partial charge in [-0.2, -0.15) is 11.8 Å². The summed E-state index contributed by atoms with van der Waals surface area (Å²) in [6, 6.07) is 7.44. The summed E-state index contributed by atoms with van der Waals surface area (Å²) in [7, 11) is 0. The van der Waals surface area contributed by atoms with E-state index in [9.17, 15) is 4.79 Å². The molecule has 2 rings (SSSR count). The number of amides is 1. The van der Waals surface area contributed by atoms with E-state index in [-0.39, 0.29) is 5.91 Å². The molecule has 1 aromatic carbocycles. The Balaban J connectivity index is 2.04. The second kappa shape index (κ2) is 4.90. The van der Waals surface area contributed by atoms with Gasteiger partial charge in [0.05, 0.1) is 10.6 Å². The lowest BCUT2D eigenvalue weighted by atomic mass is 10.2. The van der Waals surface area contributed by atoms with E-state index in [0.29, 0.717) is 16.6 Å². The molecule has 4 heteroatoms. The second-order valence-corrected chi connectivity index (χ2v) is 5.07. The standard InChI is InChI=1S/C11H12ClNOS/c12-10-4-2-1-3-9(10)11(14)13-8-5-6-15-7-8/h1-4,8H,5-7H2,(H,13,14)/t8-/m0/s1. The minimum absolute atomic E-state index is 0.0619. The van der Waals surface area contributed by atoms with Crippen LogP contribution in [0.5, 0.6) is 0 Å². The van der Waals surface area contributed by atoms with Crippen molar-refractivity contribution in [3.8, 4) is 0 Å². The molecule has 1 aliphatic heterocycles. The van der Waals surface area contributed by atoms with Gasteiger partial charge in [0.15, 0.2) is 0 Å². The number of hydrogen-bond donors (Lipinski definition) is 1. The highest BCUT2D eigenvalue weighted by atomic mass is 35.5. The number of carbonyl (C=O) groups excluding carboxylic acids is 1. The number of thioether (sulfide) groups is 1. The van der Waals surface area contributed by atoms with Crippen LogP contribution >= 0.6 is 23.4 Å². The molecule has 1 saturated heterocycles. The molecule has 2 nitrogen and oxygen atoms in total. The molecule has 0 spiro atoms. The van der Waals surface area contributed by atoms with Crippen LogP contribution in [0.4, 0.5) is 0 Å². The van der Waals surface area contributed by atoms with Gasteiger partial charge in [0.2, 0.25) is 0 Å². The van der Waals surface area contributed by atoms with Crippen LogP contribution in [-0.2, 0) is 0 Å². The lowest BCUT2D eigenvalue weighted by Gasteiger charge is -2.11. The lowest BCUT2D eigenvalue weighted by molar-refractivity contribution is 0.0941. The first-order chi connectivity index (χ1) is 7.27. The molecule has 15 heavy (non-hydrogen) atoms. The highest BCUT2D eigenvalue weighted by molar-refractivity contribution is 7.99. The van der Waals surface area contributed by atoms with Crippen molar-refractivity contribution in [2.45, 2.75) is 12.5 Å². The van der Waals surface area contributed by atoms with E-state index < -0.39 is 0 Å². The summed E-state index contributed by atoms with van der Waals surface area (Å²) >= 11 is 7.81. The third-order valence-corrected chi connectivity index (χ3v) is 3.88. The van der Waals surface area contributed by atoms with Gasteiger partial charge in [0.25, 0.3) is 5.91 Å². The quantitative estimate of drug-likeness (QED) is 0.862. The zero-order valence-corrected chi connectivity index (χ0v) is 9.77. The first kappa shape index (κ1) is 10.8. The van der Waals surface area contributed by atoms with Gasteiger partial charge < -0.3 is 5.32 Å². The average molecular weight is 242 g/mol. The maximum atomic E-state index is 11.8. The van der Waals surface area contributed by atoms with Gasteiger partial charge >= 0.3 is 0 Å². The molecule has 1 aromatic rings. The van der Waals surface area contributed by atoms with Crippen LogP contribution < -0.4 is 5.32 Å². The molecule has 1 aliphatic rings. The second-order valence-electron chi connectivity index (χ2n) is 3.51. The van der Waals surface area contributed by atoms with Crippen molar-refractivity contribution in [2.75, 3.05) is 11.5 Å². The number of rotatable bonds is 2. The van der Waals surface area contributed by atoms with Crippen molar-refractivity contribution in [1.82, 2.24) is 5.32 Å². The molecule has 1 N–H and O–H groups in total. The third-order valence-electron chi connectivity index (χ3n) is 2.38. The fourth-order valence-corrected chi connectivity index (χ4v) is 2.93. The van der Waals surface area contributed by atoms with Crippen molar-refractivity contribution in [1.29, 1.82) is 0 Å². The zero-order valence-electron chi connectivity index (χ0n) is 8.20. The van der Waals surface area contributed by atoms with E-state index in [1.165, 1.54) is 0 Å². The van der Waals surface area contributed by atoms with Gasteiger partial charge in [0.1, 0.15) is 0 Å². The Hall–Kier alpha value is -0.670. The monoisotopic (exact) mass is 241 g/mol. The first-order valence-electron chi connectivity index (χ1n) is 4.90. The maximum absolute atomic E-state index is 11.8. The SMILES string of the molecule is O=C(N[C@H]1CCSC1)c1ccccc1Cl. The smallest absolute Gasteiger partial charge is 0.253 e. The summed E-state index contributed by atoms with van der Waals surface area (Å²) in [5, 5.41) is 3.51. The van der Waals surface area contributed by atoms with Crippen LogP contribution in [0.1, 0.15) is 16.8 Å². The van der Waals surface area contributed by atoms with Crippen LogP contribution in [0.25, 0.3) is 0 Å². The molecule has 1 amide bonds. The van der Waals surface area contributed by atoms with Crippen LogP contribution in [-0.4, -0.2) is 23.5 Å². The molecule has 0 aliphatic carbocycles. The van der Waals surface area contributed by atoms with E-state index in [4.69, 9.17) is 11.6 Å². The zero-order chi connectivity index (χ0) is 10.7. The summed E-state index contributed by atoms with van der Waals surface area (Å²) in [6.07, 6.45) is 1.06. The molecule has 0 bridgehead atoms. The fraction of sp³-hybridized carbons (Fsp3) is 0.364. The van der Waals surface area contributed by atoms with E-state index in [2.05, 4.69) is 5.32 Å². The van der Waals surface area contributed by atoms with Crippen LogP contribution in [0.2, 0.25) is 5.02 Å². The molecule has 0 saturated carbocycles. The number of carbonyl (C=O) groups is 1. The third kappa shape index (κ3) is 2.67. The summed E-state index contributed by atoms with van der Waals surface area (Å²) in [5.74, 6) is 2.08. The van der Waals surface area contributed by atoms with Crippen LogP contribution in [0, 0.1) is 0 Å². The molecule has 1 heterocycles. The summed E-state index contributed by atoms with van der Waals surface area (Å²) in [4.78, 5) is 11.8. The Bertz CT molecular complexity index is 363. The van der Waals surface area contributed by atoms with E-state index >= 15 is 0 Å². The largest absolute Gasteiger partial charge is 0.348 e. The molecule has 0 aromatic heterocycles. The van der Waals surface area contributed by atoms with E-state index in [1.807, 2.05) is 23.9 Å². The number of hydrogen-bond acceptors (Lipinski definition) is 2. The van der Waals surface area contributed by atoms with Crippen molar-refractivity contribution >= 4 is 29.3 Å². The summed E-state index contributed by atoms with van der Waals surface area (Å²) in [5.41, 5.74) is 0.566. The van der Waals surface area contributed by atoms with Gasteiger partial charge in [0, 0.05) is 11.8 Å². The minimum atomic E-state index is -0.0619. The van der Waals surface area contributed by atoms with Crippen molar-refractivity contribution in [3.05, 3.63) is 34.9 Å². The molecular weight excluding hydrogens is 230 g/mol. The van der Waals surface area contributed by atoms with Crippen LogP contribution in [0.15, 0.2) is 24.3 Å². The van der Waals surface area contributed by atoms with E-state index in [1.54, 1.807) is 12.1 Å². The number of benzene rings is 1. The van der Waals surface area contributed by atoms with E-state index in [0.717, 1.165) is 17.9 Å². The van der Waals surface area contributed by atoms with Crippen molar-refractivity contribution in [2.24, 2.45) is 0 Å². The molecule has 1 fully saturated rings.